The molecule has 1 aromatic rings. The van der Waals surface area contributed by atoms with Crippen LogP contribution in [0.25, 0.3) is 0 Å². The van der Waals surface area contributed by atoms with Gasteiger partial charge in [0.15, 0.2) is 0 Å². The first-order valence-electron chi connectivity index (χ1n) is 6.38. The summed E-state index contributed by atoms with van der Waals surface area (Å²) >= 11 is 0. The number of anilines is 2. The molecule has 1 saturated heterocycles. The Balaban J connectivity index is 2.08. The number of carbonyl (C=O) groups is 1. The fourth-order valence-electron chi connectivity index (χ4n) is 1.85. The summed E-state index contributed by atoms with van der Waals surface area (Å²) in [5.74, 6) is 1.48. The van der Waals surface area contributed by atoms with Gasteiger partial charge in [0.2, 0.25) is 11.9 Å². The normalized spacial score (nSPS) is 16.1. The van der Waals surface area contributed by atoms with Gasteiger partial charge in [0.05, 0.1) is 6.54 Å². The van der Waals surface area contributed by atoms with Crippen LogP contribution in [0.4, 0.5) is 11.8 Å². The molecule has 2 rings (SSSR count). The Kier molecular flexibility index (Phi) is 4.33. The van der Waals surface area contributed by atoms with Crippen molar-refractivity contribution in [3.8, 4) is 0 Å². The van der Waals surface area contributed by atoms with Gasteiger partial charge in [0.1, 0.15) is 5.82 Å². The van der Waals surface area contributed by atoms with Gasteiger partial charge in [-0.25, -0.2) is 4.98 Å². The van der Waals surface area contributed by atoms with Gasteiger partial charge in [0, 0.05) is 25.8 Å². The van der Waals surface area contributed by atoms with Crippen molar-refractivity contribution in [3.63, 3.8) is 0 Å². The summed E-state index contributed by atoms with van der Waals surface area (Å²) < 4.78 is 0. The number of hydrogen-bond acceptors (Lipinski definition) is 5. The van der Waals surface area contributed by atoms with Crippen molar-refractivity contribution in [3.05, 3.63) is 12.3 Å². The first kappa shape index (κ1) is 12.6. The van der Waals surface area contributed by atoms with Gasteiger partial charge in [-0.2, -0.15) is 4.98 Å². The molecule has 6 nitrogen and oxygen atoms in total. The standard InChI is InChI=1S/C12H19N5O/c1-2-5-14-12-15-7-4-10(16-12)17-8-3-6-13-11(18)9-17/h4,7H,2-3,5-6,8-9H2,1H3,(H,13,18)(H,14,15,16). The van der Waals surface area contributed by atoms with E-state index in [-0.39, 0.29) is 5.91 Å². The molecule has 0 aromatic carbocycles. The molecule has 18 heavy (non-hydrogen) atoms. The minimum Gasteiger partial charge on any atom is -0.354 e. The smallest absolute Gasteiger partial charge is 0.239 e. The third-order valence-electron chi connectivity index (χ3n) is 2.76. The molecule has 1 aromatic heterocycles. The van der Waals surface area contributed by atoms with E-state index in [0.717, 1.165) is 38.3 Å². The second-order valence-corrected chi connectivity index (χ2v) is 4.29. The van der Waals surface area contributed by atoms with Crippen molar-refractivity contribution in [2.24, 2.45) is 0 Å². The molecule has 6 heteroatoms. The van der Waals surface area contributed by atoms with Crippen LogP contribution in [0.3, 0.4) is 0 Å². The van der Waals surface area contributed by atoms with Crippen LogP contribution >= 0.6 is 0 Å². The maximum Gasteiger partial charge on any atom is 0.239 e. The first-order chi connectivity index (χ1) is 8.79. The average Bonchev–Trinajstić information content (AvgIpc) is 2.61. The number of hydrogen-bond donors (Lipinski definition) is 2. The molecule has 98 valence electrons. The van der Waals surface area contributed by atoms with E-state index in [0.29, 0.717) is 12.5 Å². The van der Waals surface area contributed by atoms with E-state index in [4.69, 9.17) is 0 Å². The van der Waals surface area contributed by atoms with Crippen LogP contribution in [0.15, 0.2) is 12.3 Å². The monoisotopic (exact) mass is 249 g/mol. The summed E-state index contributed by atoms with van der Waals surface area (Å²) in [6, 6.07) is 1.84. The zero-order chi connectivity index (χ0) is 12.8. The first-order valence-corrected chi connectivity index (χ1v) is 6.38. The van der Waals surface area contributed by atoms with E-state index in [1.807, 2.05) is 11.0 Å². The van der Waals surface area contributed by atoms with Crippen molar-refractivity contribution in [1.82, 2.24) is 15.3 Å². The molecular weight excluding hydrogens is 230 g/mol. The highest BCUT2D eigenvalue weighted by Gasteiger charge is 2.16. The Morgan fingerprint density at radius 2 is 2.44 bits per heavy atom. The number of rotatable bonds is 4. The van der Waals surface area contributed by atoms with E-state index < -0.39 is 0 Å². The lowest BCUT2D eigenvalue weighted by molar-refractivity contribution is -0.119. The summed E-state index contributed by atoms with van der Waals surface area (Å²) in [7, 11) is 0. The molecule has 1 amide bonds. The average molecular weight is 249 g/mol. The molecule has 0 spiro atoms. The molecule has 0 aliphatic carbocycles. The minimum atomic E-state index is 0.0502. The van der Waals surface area contributed by atoms with Crippen LogP contribution in [0.1, 0.15) is 19.8 Å². The van der Waals surface area contributed by atoms with Crippen LogP contribution in [0.2, 0.25) is 0 Å². The predicted molar refractivity (Wildman–Crippen MR) is 70.7 cm³/mol. The lowest BCUT2D eigenvalue weighted by atomic mass is 10.4. The second kappa shape index (κ2) is 6.18. The predicted octanol–water partition coefficient (Wildman–Crippen LogP) is 0.625. The molecule has 0 bridgehead atoms. The van der Waals surface area contributed by atoms with E-state index in [1.54, 1.807) is 6.20 Å². The molecule has 0 radical (unpaired) electrons. The summed E-state index contributed by atoms with van der Waals surface area (Å²) in [6.07, 6.45) is 3.69. The minimum absolute atomic E-state index is 0.0502. The number of carbonyl (C=O) groups excluding carboxylic acids is 1. The Bertz CT molecular complexity index is 409. The molecule has 1 aliphatic rings. The molecular formula is C12H19N5O. The second-order valence-electron chi connectivity index (χ2n) is 4.29. The maximum absolute atomic E-state index is 11.5. The van der Waals surface area contributed by atoms with Gasteiger partial charge in [-0.15, -0.1) is 0 Å². The summed E-state index contributed by atoms with van der Waals surface area (Å²) in [5.41, 5.74) is 0. The molecule has 0 atom stereocenters. The summed E-state index contributed by atoms with van der Waals surface area (Å²) in [5, 5.41) is 6.00. The van der Waals surface area contributed by atoms with Crippen molar-refractivity contribution in [2.45, 2.75) is 19.8 Å². The third kappa shape index (κ3) is 3.32. The van der Waals surface area contributed by atoms with E-state index in [2.05, 4.69) is 27.5 Å². The summed E-state index contributed by atoms with van der Waals surface area (Å²) in [4.78, 5) is 22.1. The molecule has 1 aliphatic heterocycles. The van der Waals surface area contributed by atoms with Gasteiger partial charge in [-0.3, -0.25) is 4.79 Å². The Hall–Kier alpha value is -1.85. The summed E-state index contributed by atoms with van der Waals surface area (Å²) in [6.45, 7) is 4.88. The van der Waals surface area contributed by atoms with E-state index >= 15 is 0 Å². The highest BCUT2D eigenvalue weighted by atomic mass is 16.2. The number of nitrogens with one attached hydrogen (secondary N) is 2. The van der Waals surface area contributed by atoms with Gasteiger partial charge in [0.25, 0.3) is 0 Å². The van der Waals surface area contributed by atoms with Crippen molar-refractivity contribution < 1.29 is 4.79 Å². The third-order valence-corrected chi connectivity index (χ3v) is 2.76. The van der Waals surface area contributed by atoms with Gasteiger partial charge >= 0.3 is 0 Å². The highest BCUT2D eigenvalue weighted by molar-refractivity contribution is 5.81. The zero-order valence-electron chi connectivity index (χ0n) is 10.6. The Morgan fingerprint density at radius 1 is 1.56 bits per heavy atom. The van der Waals surface area contributed by atoms with Gasteiger partial charge in [-0.05, 0) is 18.9 Å². The quantitative estimate of drug-likeness (QED) is 0.819. The molecule has 2 heterocycles. The fourth-order valence-corrected chi connectivity index (χ4v) is 1.85. The number of nitrogens with zero attached hydrogens (tertiary/aromatic N) is 3. The Labute approximate surface area is 107 Å². The van der Waals surface area contributed by atoms with Crippen LogP contribution < -0.4 is 15.5 Å². The van der Waals surface area contributed by atoms with E-state index in [9.17, 15) is 4.79 Å². The molecule has 1 fully saturated rings. The lowest BCUT2D eigenvalue weighted by Gasteiger charge is -2.20. The van der Waals surface area contributed by atoms with Crippen molar-refractivity contribution in [1.29, 1.82) is 0 Å². The largest absolute Gasteiger partial charge is 0.354 e. The van der Waals surface area contributed by atoms with Crippen molar-refractivity contribution in [2.75, 3.05) is 36.4 Å². The SMILES string of the molecule is CCCNc1nccc(N2CCCNC(=O)C2)n1. The maximum atomic E-state index is 11.5. The zero-order valence-corrected chi connectivity index (χ0v) is 10.6. The molecule has 0 unspecified atom stereocenters. The van der Waals surface area contributed by atoms with E-state index in [1.165, 1.54) is 0 Å². The van der Waals surface area contributed by atoms with Crippen LogP contribution in [-0.4, -0.2) is 42.1 Å². The molecule has 0 saturated carbocycles. The topological polar surface area (TPSA) is 70.2 Å². The molecule has 2 N–H and O–H groups in total. The fraction of sp³-hybridized carbons (Fsp3) is 0.583. The van der Waals surface area contributed by atoms with Crippen LogP contribution in [0, 0.1) is 0 Å². The van der Waals surface area contributed by atoms with Crippen LogP contribution in [0.5, 0.6) is 0 Å². The highest BCUT2D eigenvalue weighted by Crippen LogP contribution is 2.13. The number of aromatic nitrogens is 2. The Morgan fingerprint density at radius 3 is 3.28 bits per heavy atom. The lowest BCUT2D eigenvalue weighted by Crippen LogP contribution is -2.33. The van der Waals surface area contributed by atoms with Crippen LogP contribution in [-0.2, 0) is 4.79 Å². The number of amides is 1. The van der Waals surface area contributed by atoms with Gasteiger partial charge in [-0.1, -0.05) is 6.92 Å². The van der Waals surface area contributed by atoms with Gasteiger partial charge < -0.3 is 15.5 Å². The van der Waals surface area contributed by atoms with Crippen molar-refractivity contribution >= 4 is 17.7 Å².